The minimum atomic E-state index is -0.803. The Morgan fingerprint density at radius 3 is 1.79 bits per heavy atom. The Balaban J connectivity index is 1.70. The van der Waals surface area contributed by atoms with Crippen molar-refractivity contribution < 1.29 is 4.39 Å². The van der Waals surface area contributed by atoms with Gasteiger partial charge in [-0.15, -0.1) is 0 Å². The van der Waals surface area contributed by atoms with Crippen LogP contribution in [0.3, 0.4) is 0 Å². The summed E-state index contributed by atoms with van der Waals surface area (Å²) in [5, 5.41) is 5.56. The van der Waals surface area contributed by atoms with Crippen LogP contribution in [0, 0.1) is 5.82 Å². The molecule has 0 N–H and O–H groups in total. The van der Waals surface area contributed by atoms with E-state index in [-0.39, 0.29) is 5.82 Å². The molecule has 4 aromatic carbocycles. The van der Waals surface area contributed by atoms with Gasteiger partial charge in [-0.1, -0.05) is 121 Å². The Kier molecular flexibility index (Phi) is 6.32. The molecule has 6 aromatic rings. The molecule has 2 heterocycles. The zero-order chi connectivity index (χ0) is 26.0. The van der Waals surface area contributed by atoms with E-state index in [9.17, 15) is 4.39 Å². The van der Waals surface area contributed by atoms with Crippen LogP contribution in [0.15, 0.2) is 127 Å². The SMILES string of the molecule is Fc1cccc(C=Cc2nn(C(c3ccccc3)(c3ccccc3)c3ccccc3)c3ccc(Cl)nc23)c1. The summed E-state index contributed by atoms with van der Waals surface area (Å²) in [5.74, 6) is -0.292. The van der Waals surface area contributed by atoms with Crippen molar-refractivity contribution >= 4 is 34.8 Å². The maximum atomic E-state index is 13.8. The molecule has 0 saturated carbocycles. The first kappa shape index (κ1) is 23.8. The summed E-state index contributed by atoms with van der Waals surface area (Å²) in [6.45, 7) is 0. The second-order valence-electron chi connectivity index (χ2n) is 9.00. The van der Waals surface area contributed by atoms with Crippen LogP contribution in [0.5, 0.6) is 0 Å². The van der Waals surface area contributed by atoms with Crippen LogP contribution in [0.25, 0.3) is 23.2 Å². The molecule has 0 saturated heterocycles. The second kappa shape index (κ2) is 10.1. The van der Waals surface area contributed by atoms with Gasteiger partial charge in [0.05, 0.1) is 5.52 Å². The van der Waals surface area contributed by atoms with Crippen LogP contribution in [0.4, 0.5) is 4.39 Å². The van der Waals surface area contributed by atoms with Crippen molar-refractivity contribution in [3.05, 3.63) is 166 Å². The minimum Gasteiger partial charge on any atom is -0.243 e. The van der Waals surface area contributed by atoms with Crippen LogP contribution in [-0.2, 0) is 5.54 Å². The first-order valence-electron chi connectivity index (χ1n) is 12.3. The Bertz CT molecular complexity index is 1630. The number of pyridine rings is 1. The van der Waals surface area contributed by atoms with Crippen molar-refractivity contribution in [3.8, 4) is 0 Å². The second-order valence-corrected chi connectivity index (χ2v) is 9.38. The third-order valence-corrected chi connectivity index (χ3v) is 6.90. The molecule has 0 spiro atoms. The first-order chi connectivity index (χ1) is 18.7. The number of hydrogen-bond donors (Lipinski definition) is 0. The average Bonchev–Trinajstić information content (AvgIpc) is 3.32. The summed E-state index contributed by atoms with van der Waals surface area (Å²) >= 11 is 6.38. The van der Waals surface area contributed by atoms with E-state index < -0.39 is 5.54 Å². The number of aromatic nitrogens is 3. The van der Waals surface area contributed by atoms with Gasteiger partial charge in [-0.2, -0.15) is 5.10 Å². The molecule has 3 nitrogen and oxygen atoms in total. The highest BCUT2D eigenvalue weighted by Gasteiger charge is 2.40. The van der Waals surface area contributed by atoms with E-state index in [0.29, 0.717) is 16.4 Å². The minimum absolute atomic E-state index is 0.292. The van der Waals surface area contributed by atoms with Crippen LogP contribution in [0.2, 0.25) is 5.15 Å². The summed E-state index contributed by atoms with van der Waals surface area (Å²) in [5.41, 5.74) is 5.21. The molecule has 38 heavy (non-hydrogen) atoms. The molecule has 0 aliphatic carbocycles. The fraction of sp³-hybridized carbons (Fsp3) is 0.0303. The number of nitrogens with zero attached hydrogens (tertiary/aromatic N) is 3. The fourth-order valence-electron chi connectivity index (χ4n) is 5.05. The maximum absolute atomic E-state index is 13.8. The topological polar surface area (TPSA) is 30.7 Å². The predicted octanol–water partition coefficient (Wildman–Crippen LogP) is 8.23. The van der Waals surface area contributed by atoms with Crippen molar-refractivity contribution in [1.82, 2.24) is 14.8 Å². The van der Waals surface area contributed by atoms with Gasteiger partial charge in [0, 0.05) is 0 Å². The highest BCUT2D eigenvalue weighted by atomic mass is 35.5. The van der Waals surface area contributed by atoms with Crippen LogP contribution in [-0.4, -0.2) is 14.8 Å². The Hall–Kier alpha value is -4.54. The summed E-state index contributed by atoms with van der Waals surface area (Å²) in [7, 11) is 0. The highest BCUT2D eigenvalue weighted by Crippen LogP contribution is 2.42. The molecule has 5 heteroatoms. The molecule has 0 unspecified atom stereocenters. The summed E-state index contributed by atoms with van der Waals surface area (Å²) in [6.07, 6.45) is 3.70. The summed E-state index contributed by atoms with van der Waals surface area (Å²) < 4.78 is 15.9. The lowest BCUT2D eigenvalue weighted by atomic mass is 9.77. The quantitative estimate of drug-likeness (QED) is 0.165. The molecule has 0 bridgehead atoms. The molecule has 184 valence electrons. The molecule has 0 fully saturated rings. The third-order valence-electron chi connectivity index (χ3n) is 6.69. The molecule has 6 rings (SSSR count). The van der Waals surface area contributed by atoms with E-state index in [1.165, 1.54) is 12.1 Å². The lowest BCUT2D eigenvalue weighted by Crippen LogP contribution is -2.38. The van der Waals surface area contributed by atoms with Gasteiger partial charge in [-0.25, -0.2) is 14.1 Å². The highest BCUT2D eigenvalue weighted by molar-refractivity contribution is 6.29. The molecule has 0 aliphatic rings. The number of fused-ring (bicyclic) bond motifs is 1. The van der Waals surface area contributed by atoms with Crippen molar-refractivity contribution in [2.24, 2.45) is 0 Å². The van der Waals surface area contributed by atoms with E-state index in [0.717, 1.165) is 27.8 Å². The van der Waals surface area contributed by atoms with E-state index in [4.69, 9.17) is 16.7 Å². The monoisotopic (exact) mass is 515 g/mol. The van der Waals surface area contributed by atoms with E-state index in [1.54, 1.807) is 12.1 Å². The number of hydrogen-bond acceptors (Lipinski definition) is 2. The molecular weight excluding hydrogens is 493 g/mol. The Morgan fingerprint density at radius 1 is 0.658 bits per heavy atom. The third kappa shape index (κ3) is 4.19. The summed E-state index contributed by atoms with van der Waals surface area (Å²) in [4.78, 5) is 4.68. The Labute approximate surface area is 225 Å². The van der Waals surface area contributed by atoms with Crippen molar-refractivity contribution in [2.45, 2.75) is 5.54 Å². The average molecular weight is 516 g/mol. The first-order valence-corrected chi connectivity index (χ1v) is 12.7. The van der Waals surface area contributed by atoms with Gasteiger partial charge < -0.3 is 0 Å². The molecule has 0 radical (unpaired) electrons. The van der Waals surface area contributed by atoms with Gasteiger partial charge in [-0.3, -0.25) is 0 Å². The number of benzene rings is 4. The number of halogens is 2. The zero-order valence-corrected chi connectivity index (χ0v) is 21.1. The molecular formula is C33H23ClFN3. The van der Waals surface area contributed by atoms with E-state index in [1.807, 2.05) is 83.6 Å². The largest absolute Gasteiger partial charge is 0.243 e. The van der Waals surface area contributed by atoms with Crippen LogP contribution < -0.4 is 0 Å². The molecule has 0 atom stereocenters. The van der Waals surface area contributed by atoms with Gasteiger partial charge in [0.1, 0.15) is 27.7 Å². The molecule has 0 aliphatic heterocycles. The van der Waals surface area contributed by atoms with Gasteiger partial charge in [-0.05, 0) is 52.6 Å². The van der Waals surface area contributed by atoms with Gasteiger partial charge in [0.25, 0.3) is 0 Å². The van der Waals surface area contributed by atoms with Crippen LogP contribution in [0.1, 0.15) is 27.9 Å². The van der Waals surface area contributed by atoms with Crippen molar-refractivity contribution in [3.63, 3.8) is 0 Å². The van der Waals surface area contributed by atoms with E-state index in [2.05, 4.69) is 41.4 Å². The smallest absolute Gasteiger partial charge is 0.138 e. The normalized spacial score (nSPS) is 11.8. The van der Waals surface area contributed by atoms with E-state index >= 15 is 0 Å². The standard InChI is InChI=1S/C33H23ClFN3/c34-31-22-21-30-32(36-31)29(20-19-24-11-10-18-28(35)23-24)37-38(30)33(25-12-4-1-5-13-25,26-14-6-2-7-15-26)27-16-8-3-9-17-27/h1-23H. The van der Waals surface area contributed by atoms with Gasteiger partial charge >= 0.3 is 0 Å². The molecule has 2 aromatic heterocycles. The zero-order valence-electron chi connectivity index (χ0n) is 20.4. The fourth-order valence-corrected chi connectivity index (χ4v) is 5.20. The number of rotatable bonds is 6. The van der Waals surface area contributed by atoms with Gasteiger partial charge in [0.15, 0.2) is 0 Å². The van der Waals surface area contributed by atoms with Crippen molar-refractivity contribution in [1.29, 1.82) is 0 Å². The predicted molar refractivity (Wildman–Crippen MR) is 152 cm³/mol. The molecule has 0 amide bonds. The maximum Gasteiger partial charge on any atom is 0.138 e. The lowest BCUT2D eigenvalue weighted by Gasteiger charge is -2.36. The Morgan fingerprint density at radius 2 is 1.24 bits per heavy atom. The van der Waals surface area contributed by atoms with Crippen molar-refractivity contribution in [2.75, 3.05) is 0 Å². The van der Waals surface area contributed by atoms with Gasteiger partial charge in [0.2, 0.25) is 0 Å². The van der Waals surface area contributed by atoms with Crippen LogP contribution >= 0.6 is 11.6 Å². The summed E-state index contributed by atoms with van der Waals surface area (Å²) in [6, 6.07) is 41.2. The lowest BCUT2D eigenvalue weighted by molar-refractivity contribution is 0.475.